The summed E-state index contributed by atoms with van der Waals surface area (Å²) in [5, 5.41) is 7.15. The smallest absolute Gasteiger partial charge is 0.230 e. The van der Waals surface area contributed by atoms with Gasteiger partial charge in [-0.05, 0) is 33.6 Å². The van der Waals surface area contributed by atoms with Gasteiger partial charge in [0, 0.05) is 38.3 Å². The van der Waals surface area contributed by atoms with Crippen molar-refractivity contribution in [1.29, 1.82) is 0 Å². The van der Waals surface area contributed by atoms with E-state index in [1.54, 1.807) is 0 Å². The summed E-state index contributed by atoms with van der Waals surface area (Å²) in [4.78, 5) is 15.1. The van der Waals surface area contributed by atoms with Gasteiger partial charge in [0.1, 0.15) is 5.76 Å². The Labute approximate surface area is 131 Å². The van der Waals surface area contributed by atoms with Crippen LogP contribution in [-0.2, 0) is 16.1 Å². The molecule has 3 heterocycles. The Balaban J connectivity index is 1.73. The number of nitrogens with one attached hydrogen (secondary N) is 1. The van der Waals surface area contributed by atoms with Crippen molar-refractivity contribution >= 4 is 5.91 Å². The maximum Gasteiger partial charge on any atom is 0.230 e. The molecule has 2 aliphatic heterocycles. The summed E-state index contributed by atoms with van der Waals surface area (Å²) in [6.45, 7) is 8.94. The molecule has 0 bridgehead atoms. The molecule has 0 radical (unpaired) electrons. The van der Waals surface area contributed by atoms with Crippen LogP contribution in [0.1, 0.15) is 38.1 Å². The number of amides is 1. The molecule has 0 aromatic carbocycles. The van der Waals surface area contributed by atoms with Gasteiger partial charge in [-0.25, -0.2) is 0 Å². The van der Waals surface area contributed by atoms with Crippen LogP contribution in [0.2, 0.25) is 0 Å². The Bertz CT molecular complexity index is 542. The molecule has 0 spiro atoms. The summed E-state index contributed by atoms with van der Waals surface area (Å²) in [6, 6.07) is 2.11. The number of aromatic nitrogens is 1. The molecule has 2 saturated heterocycles. The number of fused-ring (bicyclic) bond motifs is 1. The minimum Gasteiger partial charge on any atom is -0.377 e. The van der Waals surface area contributed by atoms with Crippen LogP contribution in [0.4, 0.5) is 0 Å². The predicted molar refractivity (Wildman–Crippen MR) is 81.2 cm³/mol. The summed E-state index contributed by atoms with van der Waals surface area (Å²) in [7, 11) is 0. The topological polar surface area (TPSA) is 67.6 Å². The fraction of sp³-hybridized carbons (Fsp3) is 0.750. The van der Waals surface area contributed by atoms with Crippen molar-refractivity contribution in [2.24, 2.45) is 5.41 Å². The molecule has 122 valence electrons. The molecule has 0 aliphatic carbocycles. The van der Waals surface area contributed by atoms with Crippen LogP contribution in [-0.4, -0.2) is 47.8 Å². The highest BCUT2D eigenvalue weighted by Gasteiger charge is 2.53. The van der Waals surface area contributed by atoms with Crippen LogP contribution in [0.15, 0.2) is 10.6 Å². The Hall–Kier alpha value is -1.40. The number of hydrogen-bond acceptors (Lipinski definition) is 5. The summed E-state index contributed by atoms with van der Waals surface area (Å²) >= 11 is 0. The average Bonchev–Trinajstić information content (AvgIpc) is 3.04. The van der Waals surface area contributed by atoms with E-state index < -0.39 is 5.41 Å². The molecule has 0 unspecified atom stereocenters. The third-order valence-electron chi connectivity index (χ3n) is 4.63. The number of carbonyl (C=O) groups excluding carboxylic acids is 1. The van der Waals surface area contributed by atoms with Gasteiger partial charge in [0.25, 0.3) is 0 Å². The standard InChI is InChI=1S/C16H25N3O3/c1-11(2)17-15(20)16-5-7-21-14(16)4-6-19(10-16)9-13-8-12(3)22-18-13/h8,11,14H,4-7,9-10H2,1-3H3,(H,17,20)/t14-,16-/m1/s1. The first-order valence-electron chi connectivity index (χ1n) is 8.07. The zero-order valence-corrected chi connectivity index (χ0v) is 13.6. The van der Waals surface area contributed by atoms with Crippen LogP contribution in [0.25, 0.3) is 0 Å². The molecular formula is C16H25N3O3. The van der Waals surface area contributed by atoms with Gasteiger partial charge in [-0.3, -0.25) is 9.69 Å². The Morgan fingerprint density at radius 1 is 1.59 bits per heavy atom. The second-order valence-corrected chi connectivity index (χ2v) is 6.82. The lowest BCUT2D eigenvalue weighted by molar-refractivity contribution is -0.140. The van der Waals surface area contributed by atoms with E-state index in [4.69, 9.17) is 9.26 Å². The van der Waals surface area contributed by atoms with Gasteiger partial charge in [-0.1, -0.05) is 5.16 Å². The van der Waals surface area contributed by atoms with E-state index in [0.29, 0.717) is 6.61 Å². The molecular weight excluding hydrogens is 282 g/mol. The van der Waals surface area contributed by atoms with Crippen LogP contribution in [0, 0.1) is 12.3 Å². The number of piperidine rings is 1. The van der Waals surface area contributed by atoms with Gasteiger partial charge in [0.05, 0.1) is 17.2 Å². The van der Waals surface area contributed by atoms with Crippen molar-refractivity contribution in [3.8, 4) is 0 Å². The van der Waals surface area contributed by atoms with E-state index in [0.717, 1.165) is 43.9 Å². The van der Waals surface area contributed by atoms with Crippen molar-refractivity contribution in [3.63, 3.8) is 0 Å². The molecule has 2 fully saturated rings. The second kappa shape index (κ2) is 6.01. The van der Waals surface area contributed by atoms with E-state index in [2.05, 4.69) is 15.4 Å². The van der Waals surface area contributed by atoms with E-state index in [1.165, 1.54) is 0 Å². The lowest BCUT2D eigenvalue weighted by Crippen LogP contribution is -2.57. The minimum atomic E-state index is -0.415. The number of hydrogen-bond donors (Lipinski definition) is 1. The lowest BCUT2D eigenvalue weighted by Gasteiger charge is -2.42. The molecule has 1 N–H and O–H groups in total. The van der Waals surface area contributed by atoms with E-state index in [9.17, 15) is 4.79 Å². The molecule has 22 heavy (non-hydrogen) atoms. The first kappa shape index (κ1) is 15.5. The SMILES string of the molecule is Cc1cc(CN2CC[C@H]3OCC[C@@]3(C(=O)NC(C)C)C2)no1. The molecule has 0 saturated carbocycles. The van der Waals surface area contributed by atoms with E-state index in [1.807, 2.05) is 26.8 Å². The van der Waals surface area contributed by atoms with Crippen molar-refractivity contribution in [2.45, 2.75) is 52.3 Å². The summed E-state index contributed by atoms with van der Waals surface area (Å²) in [6.07, 6.45) is 1.73. The minimum absolute atomic E-state index is 0.0431. The van der Waals surface area contributed by atoms with Gasteiger partial charge in [0.15, 0.2) is 0 Å². The maximum absolute atomic E-state index is 12.8. The zero-order chi connectivity index (χ0) is 15.7. The van der Waals surface area contributed by atoms with Crippen LogP contribution in [0.3, 0.4) is 0 Å². The third-order valence-corrected chi connectivity index (χ3v) is 4.63. The molecule has 1 aromatic heterocycles. The average molecular weight is 307 g/mol. The van der Waals surface area contributed by atoms with E-state index in [-0.39, 0.29) is 18.1 Å². The van der Waals surface area contributed by atoms with Crippen LogP contribution in [0.5, 0.6) is 0 Å². The van der Waals surface area contributed by atoms with Gasteiger partial charge in [0.2, 0.25) is 5.91 Å². The first-order chi connectivity index (χ1) is 10.5. The molecule has 1 aromatic rings. The highest BCUT2D eigenvalue weighted by molar-refractivity contribution is 5.84. The number of carbonyl (C=O) groups is 1. The molecule has 2 aliphatic rings. The molecule has 2 atom stereocenters. The normalized spacial score (nSPS) is 28.8. The maximum atomic E-state index is 12.8. The summed E-state index contributed by atoms with van der Waals surface area (Å²) in [5.41, 5.74) is 0.510. The quantitative estimate of drug-likeness (QED) is 0.913. The number of ether oxygens (including phenoxy) is 1. The predicted octanol–water partition coefficient (Wildman–Crippen LogP) is 1.49. The third kappa shape index (κ3) is 2.90. The molecule has 1 amide bonds. The Kier molecular flexibility index (Phi) is 4.23. The summed E-state index contributed by atoms with van der Waals surface area (Å²) in [5.74, 6) is 0.951. The molecule has 6 heteroatoms. The van der Waals surface area contributed by atoms with Crippen LogP contribution >= 0.6 is 0 Å². The van der Waals surface area contributed by atoms with Gasteiger partial charge in [-0.2, -0.15) is 0 Å². The van der Waals surface area contributed by atoms with Crippen molar-refractivity contribution < 1.29 is 14.1 Å². The van der Waals surface area contributed by atoms with Crippen molar-refractivity contribution in [2.75, 3.05) is 19.7 Å². The number of rotatable bonds is 4. The van der Waals surface area contributed by atoms with Gasteiger partial charge < -0.3 is 14.6 Å². The first-order valence-corrected chi connectivity index (χ1v) is 8.07. The Morgan fingerprint density at radius 2 is 2.41 bits per heavy atom. The van der Waals surface area contributed by atoms with Gasteiger partial charge in [-0.15, -0.1) is 0 Å². The molecule has 3 rings (SSSR count). The zero-order valence-electron chi connectivity index (χ0n) is 13.6. The number of aryl methyl sites for hydroxylation is 1. The van der Waals surface area contributed by atoms with E-state index >= 15 is 0 Å². The monoisotopic (exact) mass is 307 g/mol. The Morgan fingerprint density at radius 3 is 3.09 bits per heavy atom. The lowest BCUT2D eigenvalue weighted by atomic mass is 9.75. The number of nitrogens with zero attached hydrogens (tertiary/aromatic N) is 2. The van der Waals surface area contributed by atoms with Crippen molar-refractivity contribution in [1.82, 2.24) is 15.4 Å². The second-order valence-electron chi connectivity index (χ2n) is 6.82. The highest BCUT2D eigenvalue weighted by atomic mass is 16.5. The highest BCUT2D eigenvalue weighted by Crippen LogP contribution is 2.41. The summed E-state index contributed by atoms with van der Waals surface area (Å²) < 4.78 is 11.0. The largest absolute Gasteiger partial charge is 0.377 e. The fourth-order valence-electron chi connectivity index (χ4n) is 3.62. The fourth-order valence-corrected chi connectivity index (χ4v) is 3.62. The van der Waals surface area contributed by atoms with Gasteiger partial charge >= 0.3 is 0 Å². The van der Waals surface area contributed by atoms with Crippen LogP contribution < -0.4 is 5.32 Å². The number of likely N-dealkylation sites (tertiary alicyclic amines) is 1. The molecule has 6 nitrogen and oxygen atoms in total. The van der Waals surface area contributed by atoms with Crippen molar-refractivity contribution in [3.05, 3.63) is 17.5 Å².